The lowest BCUT2D eigenvalue weighted by atomic mass is 9.81. The van der Waals surface area contributed by atoms with E-state index < -0.39 is 5.54 Å². The van der Waals surface area contributed by atoms with Crippen molar-refractivity contribution in [2.75, 3.05) is 6.54 Å². The van der Waals surface area contributed by atoms with Gasteiger partial charge in [0.2, 0.25) is 0 Å². The summed E-state index contributed by atoms with van der Waals surface area (Å²) in [5, 5.41) is 12.8. The number of nitrogens with zero attached hydrogens (tertiary/aromatic N) is 1. The Balaban J connectivity index is 2.03. The minimum absolute atomic E-state index is 0.134. The summed E-state index contributed by atoms with van der Waals surface area (Å²) in [5.74, 6) is 0.912. The first kappa shape index (κ1) is 13.9. The second-order valence-electron chi connectivity index (χ2n) is 5.38. The van der Waals surface area contributed by atoms with Gasteiger partial charge in [-0.3, -0.25) is 5.32 Å². The number of rotatable bonds is 4. The smallest absolute Gasteiger partial charge is 0.119 e. The molecule has 0 aromatic heterocycles. The standard InChI is InChI=1S/C16H22N2O/c1-3-18-16(12-17)9-5-8-15(11-16)19-14-7-4-6-13(2)10-14/h4,6-7,10,15,18H,3,5,8-9,11H2,1-2H3. The van der Waals surface area contributed by atoms with Gasteiger partial charge < -0.3 is 4.74 Å². The fourth-order valence-corrected chi connectivity index (χ4v) is 2.85. The molecule has 0 radical (unpaired) electrons. The topological polar surface area (TPSA) is 45.0 Å². The number of aryl methyl sites for hydroxylation is 1. The van der Waals surface area contributed by atoms with Crippen LogP contribution in [0.25, 0.3) is 0 Å². The number of benzene rings is 1. The molecular formula is C16H22N2O. The zero-order valence-electron chi connectivity index (χ0n) is 11.8. The summed E-state index contributed by atoms with van der Waals surface area (Å²) in [6, 6.07) is 10.6. The van der Waals surface area contributed by atoms with Crippen LogP contribution in [0, 0.1) is 18.3 Å². The van der Waals surface area contributed by atoms with E-state index in [4.69, 9.17) is 4.74 Å². The third-order valence-corrected chi connectivity index (χ3v) is 3.73. The van der Waals surface area contributed by atoms with Crippen LogP contribution in [-0.2, 0) is 0 Å². The van der Waals surface area contributed by atoms with E-state index in [9.17, 15) is 5.26 Å². The van der Waals surface area contributed by atoms with Crippen LogP contribution in [0.1, 0.15) is 38.2 Å². The van der Waals surface area contributed by atoms with Crippen molar-refractivity contribution in [1.82, 2.24) is 5.32 Å². The third kappa shape index (κ3) is 3.48. The van der Waals surface area contributed by atoms with Crippen LogP contribution in [-0.4, -0.2) is 18.2 Å². The van der Waals surface area contributed by atoms with Gasteiger partial charge in [-0.25, -0.2) is 0 Å². The van der Waals surface area contributed by atoms with Crippen molar-refractivity contribution in [3.8, 4) is 11.8 Å². The second-order valence-corrected chi connectivity index (χ2v) is 5.38. The summed E-state index contributed by atoms with van der Waals surface area (Å²) in [5.41, 5.74) is 0.799. The van der Waals surface area contributed by atoms with Crippen LogP contribution >= 0.6 is 0 Å². The van der Waals surface area contributed by atoms with Crippen LogP contribution in [0.3, 0.4) is 0 Å². The molecule has 19 heavy (non-hydrogen) atoms. The molecule has 3 heteroatoms. The maximum Gasteiger partial charge on any atom is 0.119 e. The molecule has 1 aliphatic carbocycles. The molecule has 0 spiro atoms. The first-order valence-corrected chi connectivity index (χ1v) is 7.07. The zero-order valence-corrected chi connectivity index (χ0v) is 11.8. The Morgan fingerprint density at radius 3 is 3.05 bits per heavy atom. The number of nitriles is 1. The third-order valence-electron chi connectivity index (χ3n) is 3.73. The van der Waals surface area contributed by atoms with Crippen LogP contribution in [0.15, 0.2) is 24.3 Å². The predicted molar refractivity (Wildman–Crippen MR) is 76.1 cm³/mol. The summed E-state index contributed by atoms with van der Waals surface area (Å²) < 4.78 is 6.05. The number of hydrogen-bond acceptors (Lipinski definition) is 3. The van der Waals surface area contributed by atoms with Crippen molar-refractivity contribution in [1.29, 1.82) is 5.26 Å². The number of ether oxygens (including phenoxy) is 1. The van der Waals surface area contributed by atoms with Crippen molar-refractivity contribution in [2.45, 2.75) is 51.2 Å². The molecule has 0 amide bonds. The molecule has 1 saturated carbocycles. The highest BCUT2D eigenvalue weighted by molar-refractivity contribution is 5.28. The lowest BCUT2D eigenvalue weighted by Gasteiger charge is -2.36. The summed E-state index contributed by atoms with van der Waals surface area (Å²) in [6.07, 6.45) is 3.89. The van der Waals surface area contributed by atoms with Gasteiger partial charge >= 0.3 is 0 Å². The highest BCUT2D eigenvalue weighted by Crippen LogP contribution is 2.30. The van der Waals surface area contributed by atoms with Crippen LogP contribution in [0.4, 0.5) is 0 Å². The van der Waals surface area contributed by atoms with Gasteiger partial charge in [0.25, 0.3) is 0 Å². The first-order valence-electron chi connectivity index (χ1n) is 7.07. The normalized spacial score (nSPS) is 26.7. The monoisotopic (exact) mass is 258 g/mol. The molecule has 2 rings (SSSR count). The molecule has 0 aliphatic heterocycles. The molecule has 3 nitrogen and oxygen atoms in total. The van der Waals surface area contributed by atoms with Gasteiger partial charge in [0.1, 0.15) is 17.4 Å². The average Bonchev–Trinajstić information content (AvgIpc) is 2.39. The number of hydrogen-bond donors (Lipinski definition) is 1. The lowest BCUT2D eigenvalue weighted by molar-refractivity contribution is 0.113. The molecule has 1 aromatic carbocycles. The van der Waals surface area contributed by atoms with E-state index in [0.29, 0.717) is 0 Å². The van der Waals surface area contributed by atoms with E-state index >= 15 is 0 Å². The van der Waals surface area contributed by atoms with E-state index in [1.807, 2.05) is 19.1 Å². The van der Waals surface area contributed by atoms with E-state index in [-0.39, 0.29) is 6.10 Å². The quantitative estimate of drug-likeness (QED) is 0.902. The maximum absolute atomic E-state index is 9.43. The Bertz CT molecular complexity index is 462. The van der Waals surface area contributed by atoms with Gasteiger partial charge in [0.15, 0.2) is 0 Å². The summed E-state index contributed by atoms with van der Waals surface area (Å²) in [6.45, 7) is 4.93. The molecule has 2 atom stereocenters. The van der Waals surface area contributed by atoms with Crippen LogP contribution in [0.2, 0.25) is 0 Å². The van der Waals surface area contributed by atoms with Crippen molar-refractivity contribution in [3.63, 3.8) is 0 Å². The molecule has 1 aliphatic rings. The predicted octanol–water partition coefficient (Wildman–Crippen LogP) is 3.19. The molecule has 0 saturated heterocycles. The molecule has 102 valence electrons. The summed E-state index contributed by atoms with van der Waals surface area (Å²) in [4.78, 5) is 0. The van der Waals surface area contributed by atoms with Crippen LogP contribution in [0.5, 0.6) is 5.75 Å². The van der Waals surface area contributed by atoms with Gasteiger partial charge in [0.05, 0.1) is 6.07 Å². The van der Waals surface area contributed by atoms with Crippen molar-refractivity contribution in [2.24, 2.45) is 0 Å². The summed E-state index contributed by atoms with van der Waals surface area (Å²) >= 11 is 0. The Kier molecular flexibility index (Phi) is 4.44. The Hall–Kier alpha value is -1.53. The van der Waals surface area contributed by atoms with Crippen molar-refractivity contribution in [3.05, 3.63) is 29.8 Å². The Morgan fingerprint density at radius 2 is 2.37 bits per heavy atom. The fourth-order valence-electron chi connectivity index (χ4n) is 2.85. The van der Waals surface area contributed by atoms with E-state index in [1.165, 1.54) is 5.56 Å². The largest absolute Gasteiger partial charge is 0.490 e. The fraction of sp³-hybridized carbons (Fsp3) is 0.562. The van der Waals surface area contributed by atoms with Gasteiger partial charge in [-0.2, -0.15) is 5.26 Å². The molecule has 2 unspecified atom stereocenters. The van der Waals surface area contributed by atoms with Gasteiger partial charge in [-0.05, 0) is 50.4 Å². The zero-order chi connectivity index (χ0) is 13.7. The molecule has 1 aromatic rings. The molecule has 0 bridgehead atoms. The Morgan fingerprint density at radius 1 is 1.53 bits per heavy atom. The first-order chi connectivity index (χ1) is 9.17. The molecule has 0 heterocycles. The lowest BCUT2D eigenvalue weighted by Crippen LogP contribution is -2.49. The Labute approximate surface area is 115 Å². The highest BCUT2D eigenvalue weighted by Gasteiger charge is 2.36. The number of nitrogens with one attached hydrogen (secondary N) is 1. The van der Waals surface area contributed by atoms with Crippen molar-refractivity contribution >= 4 is 0 Å². The minimum Gasteiger partial charge on any atom is -0.490 e. The van der Waals surface area contributed by atoms with Gasteiger partial charge in [-0.15, -0.1) is 0 Å². The average molecular weight is 258 g/mol. The van der Waals surface area contributed by atoms with E-state index in [0.717, 1.165) is 38.0 Å². The molecule has 1 fully saturated rings. The van der Waals surface area contributed by atoms with E-state index in [2.05, 4.69) is 30.4 Å². The van der Waals surface area contributed by atoms with E-state index in [1.54, 1.807) is 0 Å². The molecule has 1 N–H and O–H groups in total. The van der Waals surface area contributed by atoms with Gasteiger partial charge in [0, 0.05) is 6.42 Å². The maximum atomic E-state index is 9.43. The van der Waals surface area contributed by atoms with Gasteiger partial charge in [-0.1, -0.05) is 19.1 Å². The highest BCUT2D eigenvalue weighted by atomic mass is 16.5. The minimum atomic E-state index is -0.401. The summed E-state index contributed by atoms with van der Waals surface area (Å²) in [7, 11) is 0. The SMILES string of the molecule is CCNC1(C#N)CCCC(Oc2cccc(C)c2)C1. The van der Waals surface area contributed by atoms with Crippen molar-refractivity contribution < 1.29 is 4.74 Å². The van der Waals surface area contributed by atoms with Crippen LogP contribution < -0.4 is 10.1 Å². The molecular weight excluding hydrogens is 236 g/mol. The second kappa shape index (κ2) is 6.08.